The van der Waals surface area contributed by atoms with Gasteiger partial charge in [0, 0.05) is 31.0 Å². The third kappa shape index (κ3) is 1.93. The first-order valence-corrected chi connectivity index (χ1v) is 5.81. The zero-order chi connectivity index (χ0) is 10.8. The predicted molar refractivity (Wildman–Crippen MR) is 56.2 cm³/mol. The van der Waals surface area contributed by atoms with Crippen molar-refractivity contribution in [2.75, 3.05) is 6.54 Å². The molecule has 2 fully saturated rings. The molecule has 0 spiro atoms. The number of hydrogen-bond acceptors (Lipinski definition) is 3. The van der Waals surface area contributed by atoms with E-state index in [4.69, 9.17) is 5.73 Å². The highest BCUT2D eigenvalue weighted by Gasteiger charge is 2.47. The normalized spacial score (nSPS) is 45.1. The quantitative estimate of drug-likeness (QED) is 0.677. The number of nitrogens with two attached hydrogens (primary N) is 1. The molecule has 86 valence electrons. The summed E-state index contributed by atoms with van der Waals surface area (Å²) < 4.78 is 13.8. The summed E-state index contributed by atoms with van der Waals surface area (Å²) in [6, 6.07) is 0.217. The van der Waals surface area contributed by atoms with Crippen molar-refractivity contribution in [3.63, 3.8) is 0 Å². The van der Waals surface area contributed by atoms with Gasteiger partial charge in [-0.3, -0.25) is 0 Å². The van der Waals surface area contributed by atoms with Crippen LogP contribution in [0.5, 0.6) is 0 Å². The first kappa shape index (κ1) is 11.0. The fourth-order valence-electron chi connectivity index (χ4n) is 3.30. The molecule has 0 aromatic rings. The Bertz CT molecular complexity index is 237. The van der Waals surface area contributed by atoms with Gasteiger partial charge >= 0.3 is 0 Å². The molecule has 2 rings (SSSR count). The lowest BCUT2D eigenvalue weighted by molar-refractivity contribution is -0.108. The molecule has 3 N–H and O–H groups in total. The van der Waals surface area contributed by atoms with Gasteiger partial charge in [0.2, 0.25) is 0 Å². The van der Waals surface area contributed by atoms with Crippen molar-refractivity contribution in [2.45, 2.75) is 43.9 Å². The van der Waals surface area contributed by atoms with Crippen molar-refractivity contribution in [1.29, 1.82) is 0 Å². The Labute approximate surface area is 89.6 Å². The third-order valence-corrected chi connectivity index (χ3v) is 3.94. The molecular formula is C11H19FN2O. The molecule has 0 bridgehead atoms. The van der Waals surface area contributed by atoms with Crippen LogP contribution in [0.3, 0.4) is 0 Å². The second kappa shape index (κ2) is 4.58. The first-order valence-electron chi connectivity index (χ1n) is 5.81. The van der Waals surface area contributed by atoms with Crippen LogP contribution < -0.4 is 11.1 Å². The Hall–Kier alpha value is -0.480. The van der Waals surface area contributed by atoms with E-state index in [9.17, 15) is 9.18 Å². The number of nitrogens with one attached hydrogen (secondary N) is 1. The van der Waals surface area contributed by atoms with Crippen molar-refractivity contribution < 1.29 is 9.18 Å². The van der Waals surface area contributed by atoms with Crippen molar-refractivity contribution in [1.82, 2.24) is 5.32 Å². The number of rotatable bonds is 3. The van der Waals surface area contributed by atoms with Gasteiger partial charge in [-0.15, -0.1) is 0 Å². The van der Waals surface area contributed by atoms with Crippen LogP contribution in [0.4, 0.5) is 4.39 Å². The summed E-state index contributed by atoms with van der Waals surface area (Å²) in [6.07, 6.45) is 3.20. The monoisotopic (exact) mass is 214 g/mol. The van der Waals surface area contributed by atoms with Gasteiger partial charge in [0.05, 0.1) is 0 Å². The third-order valence-electron chi connectivity index (χ3n) is 3.94. The zero-order valence-electron chi connectivity index (χ0n) is 8.86. The maximum atomic E-state index is 13.8. The Morgan fingerprint density at radius 1 is 1.40 bits per heavy atom. The number of alkyl halides is 1. The highest BCUT2D eigenvalue weighted by Crippen LogP contribution is 2.41. The van der Waals surface area contributed by atoms with Crippen molar-refractivity contribution in [3.05, 3.63) is 0 Å². The van der Waals surface area contributed by atoms with Crippen LogP contribution in [0.2, 0.25) is 0 Å². The van der Waals surface area contributed by atoms with Gasteiger partial charge in [-0.1, -0.05) is 6.42 Å². The molecule has 1 saturated heterocycles. The van der Waals surface area contributed by atoms with Crippen LogP contribution in [-0.4, -0.2) is 31.1 Å². The molecule has 0 amide bonds. The fourth-order valence-corrected chi connectivity index (χ4v) is 3.30. The summed E-state index contributed by atoms with van der Waals surface area (Å²) in [5, 5.41) is 3.32. The van der Waals surface area contributed by atoms with Gasteiger partial charge in [-0.25, -0.2) is 4.39 Å². The number of carbonyl (C=O) groups excluding carboxylic acids is 1. The highest BCUT2D eigenvalue weighted by molar-refractivity contribution is 5.50. The molecular weight excluding hydrogens is 195 g/mol. The summed E-state index contributed by atoms with van der Waals surface area (Å²) in [6.45, 7) is 0.545. The van der Waals surface area contributed by atoms with Gasteiger partial charge in [0.1, 0.15) is 12.5 Å². The van der Waals surface area contributed by atoms with Crippen LogP contribution in [0.25, 0.3) is 0 Å². The molecule has 15 heavy (non-hydrogen) atoms. The number of aldehydes is 1. The van der Waals surface area contributed by atoms with Crippen molar-refractivity contribution in [2.24, 2.45) is 17.6 Å². The predicted octanol–water partition coefficient (Wildman–Crippen LogP) is 0.629. The van der Waals surface area contributed by atoms with E-state index in [0.717, 1.165) is 19.1 Å². The Morgan fingerprint density at radius 2 is 2.20 bits per heavy atom. The molecule has 2 aliphatic rings. The maximum Gasteiger partial charge on any atom is 0.121 e. The summed E-state index contributed by atoms with van der Waals surface area (Å²) in [5.74, 6) is 0.348. The fraction of sp³-hybridized carbons (Fsp3) is 0.909. The van der Waals surface area contributed by atoms with Crippen molar-refractivity contribution in [3.8, 4) is 0 Å². The number of hydrogen-bond donors (Lipinski definition) is 2. The van der Waals surface area contributed by atoms with E-state index in [-0.39, 0.29) is 18.0 Å². The van der Waals surface area contributed by atoms with Gasteiger partial charge < -0.3 is 15.8 Å². The second-order valence-electron chi connectivity index (χ2n) is 4.71. The number of fused-ring (bicyclic) bond motifs is 1. The Kier molecular flexibility index (Phi) is 3.36. The van der Waals surface area contributed by atoms with Crippen LogP contribution >= 0.6 is 0 Å². The van der Waals surface area contributed by atoms with E-state index >= 15 is 0 Å². The van der Waals surface area contributed by atoms with Crippen LogP contribution in [0, 0.1) is 11.8 Å². The molecule has 3 nitrogen and oxygen atoms in total. The summed E-state index contributed by atoms with van der Waals surface area (Å²) in [4.78, 5) is 10.5. The van der Waals surface area contributed by atoms with E-state index < -0.39 is 6.17 Å². The molecule has 0 aromatic carbocycles. The summed E-state index contributed by atoms with van der Waals surface area (Å²) in [7, 11) is 0. The molecule has 1 heterocycles. The first-order chi connectivity index (χ1) is 7.27. The minimum absolute atomic E-state index is 0.0105. The maximum absolute atomic E-state index is 13.8. The molecule has 4 heteroatoms. The number of halogens is 1. The molecule has 5 atom stereocenters. The molecule has 1 aliphatic carbocycles. The molecule has 1 aliphatic heterocycles. The Balaban J connectivity index is 2.12. The minimum Gasteiger partial charge on any atom is -0.329 e. The van der Waals surface area contributed by atoms with Crippen LogP contribution in [0.1, 0.15) is 25.7 Å². The van der Waals surface area contributed by atoms with E-state index in [1.165, 1.54) is 0 Å². The van der Waals surface area contributed by atoms with Crippen LogP contribution in [0.15, 0.2) is 0 Å². The smallest absolute Gasteiger partial charge is 0.121 e. The average Bonchev–Trinajstić information content (AvgIpc) is 2.59. The molecule has 1 saturated carbocycles. The van der Waals surface area contributed by atoms with Gasteiger partial charge in [0.25, 0.3) is 0 Å². The molecule has 0 radical (unpaired) electrons. The second-order valence-corrected chi connectivity index (χ2v) is 4.71. The van der Waals surface area contributed by atoms with Gasteiger partial charge in [0.15, 0.2) is 0 Å². The van der Waals surface area contributed by atoms with E-state index in [0.29, 0.717) is 25.3 Å². The lowest BCUT2D eigenvalue weighted by Crippen LogP contribution is -2.37. The zero-order valence-corrected chi connectivity index (χ0v) is 8.86. The highest BCUT2D eigenvalue weighted by atomic mass is 19.1. The van der Waals surface area contributed by atoms with Gasteiger partial charge in [-0.2, -0.15) is 0 Å². The van der Waals surface area contributed by atoms with Crippen molar-refractivity contribution >= 4 is 6.29 Å². The number of carbonyl (C=O) groups is 1. The van der Waals surface area contributed by atoms with E-state index in [1.54, 1.807) is 0 Å². The average molecular weight is 214 g/mol. The standard InChI is InChI=1S/C11H19FN2O/c12-8-3-1-2-7-10(6-13)14-9(4-5-15)11(7)8/h5,7-11,14H,1-4,6,13H2. The molecule has 5 unspecified atom stereocenters. The summed E-state index contributed by atoms with van der Waals surface area (Å²) in [5.41, 5.74) is 5.67. The Morgan fingerprint density at radius 3 is 2.87 bits per heavy atom. The topological polar surface area (TPSA) is 55.1 Å². The molecule has 0 aromatic heterocycles. The lowest BCUT2D eigenvalue weighted by Gasteiger charge is -2.32. The largest absolute Gasteiger partial charge is 0.329 e. The lowest BCUT2D eigenvalue weighted by atomic mass is 9.74. The van der Waals surface area contributed by atoms with Gasteiger partial charge in [-0.05, 0) is 18.8 Å². The van der Waals surface area contributed by atoms with Crippen LogP contribution in [-0.2, 0) is 4.79 Å². The van der Waals surface area contributed by atoms with E-state index in [1.807, 2.05) is 0 Å². The van der Waals surface area contributed by atoms with E-state index in [2.05, 4.69) is 5.32 Å². The SMILES string of the molecule is NCC1NC(CC=O)C2C(F)CCCC12. The summed E-state index contributed by atoms with van der Waals surface area (Å²) >= 11 is 0. The minimum atomic E-state index is -0.752.